The third-order valence-corrected chi connectivity index (χ3v) is 2.64. The van der Waals surface area contributed by atoms with Crippen LogP contribution in [0.25, 0.3) is 11.0 Å². The molecule has 0 unspecified atom stereocenters. The lowest BCUT2D eigenvalue weighted by atomic mass is 10.0. The van der Waals surface area contributed by atoms with Crippen molar-refractivity contribution in [2.75, 3.05) is 0 Å². The van der Waals surface area contributed by atoms with Gasteiger partial charge in [0.15, 0.2) is 0 Å². The molecule has 0 amide bonds. The number of pyridine rings is 1. The number of rotatable bonds is 2. The standard InChI is InChI=1S/C12H16N2/c1-4-9-10-6-5-7-13-12(10)14-11(9)8(2)3/h5-8H,4H2,1-3H3,(H,13,14). The van der Waals surface area contributed by atoms with Gasteiger partial charge in [0.05, 0.1) is 0 Å². The van der Waals surface area contributed by atoms with Crippen LogP contribution in [0.15, 0.2) is 18.3 Å². The molecule has 2 heteroatoms. The largest absolute Gasteiger partial charge is 0.343 e. The van der Waals surface area contributed by atoms with Crippen LogP contribution in [-0.4, -0.2) is 9.97 Å². The Morgan fingerprint density at radius 2 is 2.21 bits per heavy atom. The van der Waals surface area contributed by atoms with Gasteiger partial charge in [-0.2, -0.15) is 0 Å². The van der Waals surface area contributed by atoms with Crippen molar-refractivity contribution in [1.29, 1.82) is 0 Å². The molecule has 2 aromatic rings. The molecule has 0 radical (unpaired) electrons. The van der Waals surface area contributed by atoms with E-state index in [1.807, 2.05) is 12.3 Å². The van der Waals surface area contributed by atoms with Crippen molar-refractivity contribution in [2.24, 2.45) is 0 Å². The van der Waals surface area contributed by atoms with E-state index in [-0.39, 0.29) is 0 Å². The molecule has 2 heterocycles. The molecule has 0 saturated carbocycles. The average molecular weight is 188 g/mol. The maximum absolute atomic E-state index is 4.34. The fourth-order valence-electron chi connectivity index (χ4n) is 1.97. The van der Waals surface area contributed by atoms with Crippen LogP contribution in [0.4, 0.5) is 0 Å². The van der Waals surface area contributed by atoms with E-state index in [0.717, 1.165) is 12.1 Å². The van der Waals surface area contributed by atoms with Crippen LogP contribution in [-0.2, 0) is 6.42 Å². The average Bonchev–Trinajstić information content (AvgIpc) is 2.56. The van der Waals surface area contributed by atoms with Crippen LogP contribution in [0.3, 0.4) is 0 Å². The molecule has 0 atom stereocenters. The zero-order chi connectivity index (χ0) is 10.1. The number of aromatic amines is 1. The molecular formula is C12H16N2. The summed E-state index contributed by atoms with van der Waals surface area (Å²) in [5.74, 6) is 0.541. The van der Waals surface area contributed by atoms with Gasteiger partial charge in [0.2, 0.25) is 0 Å². The van der Waals surface area contributed by atoms with Crippen LogP contribution < -0.4 is 0 Å². The van der Waals surface area contributed by atoms with Gasteiger partial charge in [0.25, 0.3) is 0 Å². The van der Waals surface area contributed by atoms with E-state index in [2.05, 4.69) is 36.8 Å². The van der Waals surface area contributed by atoms with E-state index in [1.54, 1.807) is 0 Å². The van der Waals surface area contributed by atoms with Crippen LogP contribution in [0, 0.1) is 0 Å². The molecule has 0 aliphatic carbocycles. The maximum Gasteiger partial charge on any atom is 0.137 e. The van der Waals surface area contributed by atoms with Gasteiger partial charge in [-0.3, -0.25) is 0 Å². The van der Waals surface area contributed by atoms with Crippen LogP contribution in [0.5, 0.6) is 0 Å². The number of H-pyrrole nitrogens is 1. The van der Waals surface area contributed by atoms with E-state index in [4.69, 9.17) is 0 Å². The predicted molar refractivity (Wildman–Crippen MR) is 59.6 cm³/mol. The number of hydrogen-bond acceptors (Lipinski definition) is 1. The van der Waals surface area contributed by atoms with E-state index in [9.17, 15) is 0 Å². The van der Waals surface area contributed by atoms with Crippen LogP contribution in [0.2, 0.25) is 0 Å². The normalized spacial score (nSPS) is 11.4. The smallest absolute Gasteiger partial charge is 0.137 e. The molecule has 0 aliphatic rings. The summed E-state index contributed by atoms with van der Waals surface area (Å²) >= 11 is 0. The van der Waals surface area contributed by atoms with Gasteiger partial charge < -0.3 is 4.98 Å². The number of hydrogen-bond donors (Lipinski definition) is 1. The van der Waals surface area contributed by atoms with Gasteiger partial charge in [-0.15, -0.1) is 0 Å². The molecule has 0 saturated heterocycles. The highest BCUT2D eigenvalue weighted by Crippen LogP contribution is 2.26. The zero-order valence-corrected chi connectivity index (χ0v) is 8.96. The van der Waals surface area contributed by atoms with Crippen molar-refractivity contribution in [1.82, 2.24) is 9.97 Å². The minimum absolute atomic E-state index is 0.541. The molecule has 2 aromatic heterocycles. The molecule has 2 nitrogen and oxygen atoms in total. The molecule has 0 bridgehead atoms. The summed E-state index contributed by atoms with van der Waals surface area (Å²) in [6.07, 6.45) is 2.90. The summed E-state index contributed by atoms with van der Waals surface area (Å²) in [6.45, 7) is 6.62. The lowest BCUT2D eigenvalue weighted by Crippen LogP contribution is -1.92. The Kier molecular flexibility index (Phi) is 2.28. The minimum Gasteiger partial charge on any atom is -0.343 e. The van der Waals surface area contributed by atoms with Crippen molar-refractivity contribution in [3.8, 4) is 0 Å². The number of nitrogens with one attached hydrogen (secondary N) is 1. The van der Waals surface area contributed by atoms with Gasteiger partial charge in [-0.25, -0.2) is 4.98 Å². The molecule has 2 rings (SSSR count). The molecule has 0 aromatic carbocycles. The summed E-state index contributed by atoms with van der Waals surface area (Å²) in [5.41, 5.74) is 3.78. The van der Waals surface area contributed by atoms with E-state index in [1.165, 1.54) is 16.6 Å². The van der Waals surface area contributed by atoms with E-state index >= 15 is 0 Å². The van der Waals surface area contributed by atoms with Crippen molar-refractivity contribution >= 4 is 11.0 Å². The number of aryl methyl sites for hydroxylation is 1. The first-order chi connectivity index (χ1) is 6.74. The van der Waals surface area contributed by atoms with Crippen LogP contribution >= 0.6 is 0 Å². The molecule has 74 valence electrons. The minimum atomic E-state index is 0.541. The third kappa shape index (κ3) is 1.31. The Balaban J connectivity index is 2.72. The Morgan fingerprint density at radius 3 is 2.86 bits per heavy atom. The quantitative estimate of drug-likeness (QED) is 0.770. The zero-order valence-electron chi connectivity index (χ0n) is 8.96. The van der Waals surface area contributed by atoms with Crippen molar-refractivity contribution in [3.63, 3.8) is 0 Å². The van der Waals surface area contributed by atoms with Crippen molar-refractivity contribution in [3.05, 3.63) is 29.6 Å². The summed E-state index contributed by atoms with van der Waals surface area (Å²) in [6, 6.07) is 4.14. The highest BCUT2D eigenvalue weighted by molar-refractivity contribution is 5.81. The number of nitrogens with zero attached hydrogens (tertiary/aromatic N) is 1. The lowest BCUT2D eigenvalue weighted by molar-refractivity contribution is 0.817. The second-order valence-electron chi connectivity index (χ2n) is 3.93. The molecular weight excluding hydrogens is 172 g/mol. The highest BCUT2D eigenvalue weighted by Gasteiger charge is 2.12. The van der Waals surface area contributed by atoms with Gasteiger partial charge in [-0.05, 0) is 30.0 Å². The first kappa shape index (κ1) is 9.25. The van der Waals surface area contributed by atoms with Gasteiger partial charge in [0.1, 0.15) is 5.65 Å². The summed E-state index contributed by atoms with van der Waals surface area (Å²) < 4.78 is 0. The second-order valence-corrected chi connectivity index (χ2v) is 3.93. The molecule has 0 fully saturated rings. The van der Waals surface area contributed by atoms with Gasteiger partial charge in [-0.1, -0.05) is 20.8 Å². The first-order valence-electron chi connectivity index (χ1n) is 5.19. The third-order valence-electron chi connectivity index (χ3n) is 2.64. The highest BCUT2D eigenvalue weighted by atomic mass is 14.9. The molecule has 0 aliphatic heterocycles. The summed E-state index contributed by atoms with van der Waals surface area (Å²) in [4.78, 5) is 7.74. The Bertz CT molecular complexity index is 441. The van der Waals surface area contributed by atoms with Crippen molar-refractivity contribution < 1.29 is 0 Å². The fourth-order valence-corrected chi connectivity index (χ4v) is 1.97. The van der Waals surface area contributed by atoms with Crippen molar-refractivity contribution in [2.45, 2.75) is 33.1 Å². The molecule has 14 heavy (non-hydrogen) atoms. The number of aromatic nitrogens is 2. The molecule has 1 N–H and O–H groups in total. The Labute approximate surface area is 84.4 Å². The Morgan fingerprint density at radius 1 is 1.43 bits per heavy atom. The summed E-state index contributed by atoms with van der Waals surface area (Å²) in [7, 11) is 0. The Hall–Kier alpha value is -1.31. The SMILES string of the molecule is CCc1c(C(C)C)[nH]c2ncccc12. The predicted octanol–water partition coefficient (Wildman–Crippen LogP) is 3.25. The maximum atomic E-state index is 4.34. The lowest BCUT2D eigenvalue weighted by Gasteiger charge is -2.04. The van der Waals surface area contributed by atoms with Gasteiger partial charge in [0, 0.05) is 17.3 Å². The summed E-state index contributed by atoms with van der Waals surface area (Å²) in [5, 5.41) is 1.28. The van der Waals surface area contributed by atoms with Crippen LogP contribution in [0.1, 0.15) is 37.9 Å². The number of fused-ring (bicyclic) bond motifs is 1. The first-order valence-corrected chi connectivity index (χ1v) is 5.19. The van der Waals surface area contributed by atoms with Gasteiger partial charge >= 0.3 is 0 Å². The van der Waals surface area contributed by atoms with E-state index in [0.29, 0.717) is 5.92 Å². The van der Waals surface area contributed by atoms with E-state index < -0.39 is 0 Å². The topological polar surface area (TPSA) is 28.7 Å². The molecule has 0 spiro atoms. The fraction of sp³-hybridized carbons (Fsp3) is 0.417. The second kappa shape index (κ2) is 3.45. The monoisotopic (exact) mass is 188 g/mol.